The van der Waals surface area contributed by atoms with Gasteiger partial charge in [0.1, 0.15) is 0 Å². The van der Waals surface area contributed by atoms with Crippen LogP contribution in [0.1, 0.15) is 12.0 Å². The van der Waals surface area contributed by atoms with Crippen LogP contribution in [0.3, 0.4) is 0 Å². The highest BCUT2D eigenvalue weighted by atomic mass is 35.5. The van der Waals surface area contributed by atoms with Gasteiger partial charge in [-0.25, -0.2) is 0 Å². The van der Waals surface area contributed by atoms with Gasteiger partial charge in [-0.05, 0) is 12.0 Å². The lowest BCUT2D eigenvalue weighted by atomic mass is 10.2. The second kappa shape index (κ2) is 13.6. The first-order valence-corrected chi connectivity index (χ1v) is 8.88. The number of hydrogen-bond donors (Lipinski definition) is 3. The molecule has 0 radical (unpaired) electrons. The zero-order chi connectivity index (χ0) is 16.8. The van der Waals surface area contributed by atoms with Crippen molar-refractivity contribution in [3.8, 4) is 0 Å². The molecule has 6 nitrogen and oxygen atoms in total. The van der Waals surface area contributed by atoms with Gasteiger partial charge in [-0.2, -0.15) is 0 Å². The molecule has 2 aliphatic heterocycles. The summed E-state index contributed by atoms with van der Waals surface area (Å²) in [5, 5.41) is 15.5. The predicted molar refractivity (Wildman–Crippen MR) is 115 cm³/mol. The van der Waals surface area contributed by atoms with E-state index in [0.29, 0.717) is 19.5 Å². The van der Waals surface area contributed by atoms with Gasteiger partial charge in [0.05, 0.1) is 12.1 Å². The molecule has 1 amide bonds. The van der Waals surface area contributed by atoms with E-state index < -0.39 is 6.10 Å². The van der Waals surface area contributed by atoms with E-state index in [9.17, 15) is 9.90 Å². The molecule has 2 fully saturated rings. The van der Waals surface area contributed by atoms with Crippen LogP contribution in [0.15, 0.2) is 30.3 Å². The fraction of sp³-hybridized carbons (Fsp3) is 0.611. The van der Waals surface area contributed by atoms with Crippen LogP contribution in [0.4, 0.5) is 0 Å². The number of carbonyl (C=O) groups excluding carboxylic acids is 1. The number of carbonyl (C=O) groups is 1. The van der Waals surface area contributed by atoms with E-state index in [2.05, 4.69) is 50.8 Å². The fourth-order valence-electron chi connectivity index (χ4n) is 3.39. The molecule has 27 heavy (non-hydrogen) atoms. The Hall–Kier alpha value is -0.600. The highest BCUT2D eigenvalue weighted by molar-refractivity contribution is 5.86. The molecule has 9 heteroatoms. The summed E-state index contributed by atoms with van der Waals surface area (Å²) in [7, 11) is 0. The molecule has 3 rings (SSSR count). The number of benzene rings is 1. The Morgan fingerprint density at radius 1 is 1.07 bits per heavy atom. The van der Waals surface area contributed by atoms with Crippen molar-refractivity contribution in [2.75, 3.05) is 45.8 Å². The van der Waals surface area contributed by atoms with Crippen LogP contribution in [0.5, 0.6) is 0 Å². The number of halogens is 3. The minimum Gasteiger partial charge on any atom is -0.392 e. The molecule has 0 bridgehead atoms. The molecule has 2 saturated heterocycles. The van der Waals surface area contributed by atoms with Crippen molar-refractivity contribution in [2.24, 2.45) is 0 Å². The Labute approximate surface area is 180 Å². The Morgan fingerprint density at radius 3 is 2.30 bits per heavy atom. The number of aliphatic hydroxyl groups is 1. The summed E-state index contributed by atoms with van der Waals surface area (Å²) in [6.07, 6.45) is 0.128. The van der Waals surface area contributed by atoms with Crippen molar-refractivity contribution in [3.05, 3.63) is 35.9 Å². The summed E-state index contributed by atoms with van der Waals surface area (Å²) in [6, 6.07) is 10.4. The summed E-state index contributed by atoms with van der Waals surface area (Å²) in [5.41, 5.74) is 1.37. The lowest BCUT2D eigenvalue weighted by molar-refractivity contribution is -0.123. The first kappa shape index (κ1) is 26.4. The van der Waals surface area contributed by atoms with Crippen LogP contribution >= 0.6 is 37.2 Å². The van der Waals surface area contributed by atoms with Crippen LogP contribution in [0, 0.1) is 0 Å². The van der Waals surface area contributed by atoms with Crippen molar-refractivity contribution in [2.45, 2.75) is 25.1 Å². The molecule has 2 aliphatic rings. The van der Waals surface area contributed by atoms with Crippen molar-refractivity contribution in [1.82, 2.24) is 20.4 Å². The van der Waals surface area contributed by atoms with Crippen LogP contribution in [-0.4, -0.2) is 78.8 Å². The quantitative estimate of drug-likeness (QED) is 0.612. The van der Waals surface area contributed by atoms with Crippen molar-refractivity contribution >= 4 is 43.1 Å². The van der Waals surface area contributed by atoms with Gasteiger partial charge in [0.15, 0.2) is 0 Å². The highest BCUT2D eigenvalue weighted by Crippen LogP contribution is 2.08. The average Bonchev–Trinajstić information content (AvgIpc) is 3.04. The van der Waals surface area contributed by atoms with Crippen LogP contribution < -0.4 is 10.6 Å². The smallest absolute Gasteiger partial charge is 0.237 e. The van der Waals surface area contributed by atoms with Gasteiger partial charge in [0, 0.05) is 52.4 Å². The molecule has 2 heterocycles. The van der Waals surface area contributed by atoms with Crippen molar-refractivity contribution < 1.29 is 9.90 Å². The first-order valence-electron chi connectivity index (χ1n) is 8.88. The number of nitrogens with zero attached hydrogens (tertiary/aromatic N) is 2. The molecule has 0 saturated carbocycles. The summed E-state index contributed by atoms with van der Waals surface area (Å²) in [6.45, 7) is 7.32. The number of amides is 1. The average molecular weight is 442 g/mol. The number of hydrogen-bond acceptors (Lipinski definition) is 5. The van der Waals surface area contributed by atoms with Gasteiger partial charge in [0.25, 0.3) is 0 Å². The van der Waals surface area contributed by atoms with E-state index in [1.807, 2.05) is 0 Å². The normalized spacial score (nSPS) is 22.9. The second-order valence-electron chi connectivity index (χ2n) is 6.74. The molecule has 0 spiro atoms. The standard InChI is InChI=1S/C18H28N4O2.3ClH/c23-16-12-17(20-13-16)18(24)19-6-7-21-8-10-22(11-9-21)14-15-4-2-1-3-5-15;;;/h1-5,16-17,20,23H,6-14H2,(H,19,24);3*1H. The fourth-order valence-corrected chi connectivity index (χ4v) is 3.39. The molecule has 0 aromatic heterocycles. The molecule has 2 unspecified atom stereocenters. The van der Waals surface area contributed by atoms with Gasteiger partial charge in [-0.1, -0.05) is 30.3 Å². The van der Waals surface area contributed by atoms with Crippen molar-refractivity contribution in [3.63, 3.8) is 0 Å². The van der Waals surface area contributed by atoms with Gasteiger partial charge < -0.3 is 15.7 Å². The topological polar surface area (TPSA) is 67.8 Å². The molecular weight excluding hydrogens is 411 g/mol. The Bertz CT molecular complexity index is 531. The van der Waals surface area contributed by atoms with E-state index in [1.54, 1.807) is 0 Å². The lowest BCUT2D eigenvalue weighted by Crippen LogP contribution is -2.49. The van der Waals surface area contributed by atoms with Gasteiger partial charge in [-0.3, -0.25) is 14.6 Å². The van der Waals surface area contributed by atoms with Crippen LogP contribution in [0.25, 0.3) is 0 Å². The number of aliphatic hydroxyl groups excluding tert-OH is 1. The van der Waals surface area contributed by atoms with Crippen LogP contribution in [-0.2, 0) is 11.3 Å². The van der Waals surface area contributed by atoms with E-state index >= 15 is 0 Å². The summed E-state index contributed by atoms with van der Waals surface area (Å²) in [4.78, 5) is 16.9. The molecule has 2 atom stereocenters. The number of piperazine rings is 1. The lowest BCUT2D eigenvalue weighted by Gasteiger charge is -2.34. The third-order valence-corrected chi connectivity index (χ3v) is 4.87. The maximum absolute atomic E-state index is 12.0. The molecule has 3 N–H and O–H groups in total. The minimum atomic E-state index is -0.390. The van der Waals surface area contributed by atoms with Crippen LogP contribution in [0.2, 0.25) is 0 Å². The molecule has 1 aromatic carbocycles. The zero-order valence-corrected chi connectivity index (χ0v) is 17.8. The molecule has 156 valence electrons. The zero-order valence-electron chi connectivity index (χ0n) is 15.4. The van der Waals surface area contributed by atoms with E-state index in [1.165, 1.54) is 5.56 Å². The largest absolute Gasteiger partial charge is 0.392 e. The Kier molecular flexibility index (Phi) is 13.3. The molecular formula is C18H31Cl3N4O2. The number of β-amino-alcohol motifs (C(OH)–C–C–N with tert-alkyl or cyclic N) is 1. The SMILES string of the molecule is Cl.Cl.Cl.O=C(NCCN1CCN(Cc2ccccc2)CC1)C1CC(O)CN1. The number of rotatable bonds is 6. The van der Waals surface area contributed by atoms with Gasteiger partial charge in [0.2, 0.25) is 5.91 Å². The van der Waals surface area contributed by atoms with E-state index in [0.717, 1.165) is 39.3 Å². The Morgan fingerprint density at radius 2 is 1.70 bits per heavy atom. The van der Waals surface area contributed by atoms with E-state index in [4.69, 9.17) is 0 Å². The summed E-state index contributed by atoms with van der Waals surface area (Å²) in [5.74, 6) is 0.00858. The summed E-state index contributed by atoms with van der Waals surface area (Å²) >= 11 is 0. The third kappa shape index (κ3) is 8.52. The summed E-state index contributed by atoms with van der Waals surface area (Å²) < 4.78 is 0. The molecule has 0 aliphatic carbocycles. The minimum absolute atomic E-state index is 0. The predicted octanol–water partition coefficient (Wildman–Crippen LogP) is 0.909. The number of nitrogens with one attached hydrogen (secondary N) is 2. The third-order valence-electron chi connectivity index (χ3n) is 4.87. The molecule has 1 aromatic rings. The Balaban J connectivity index is 0.00000225. The van der Waals surface area contributed by atoms with Crippen molar-refractivity contribution in [1.29, 1.82) is 0 Å². The first-order chi connectivity index (χ1) is 11.7. The second-order valence-corrected chi connectivity index (χ2v) is 6.74. The maximum atomic E-state index is 12.0. The highest BCUT2D eigenvalue weighted by Gasteiger charge is 2.27. The van der Waals surface area contributed by atoms with E-state index in [-0.39, 0.29) is 49.2 Å². The monoisotopic (exact) mass is 440 g/mol. The van der Waals surface area contributed by atoms with Gasteiger partial charge >= 0.3 is 0 Å². The maximum Gasteiger partial charge on any atom is 0.237 e. The van der Waals surface area contributed by atoms with Gasteiger partial charge in [-0.15, -0.1) is 37.2 Å².